The third-order valence-corrected chi connectivity index (χ3v) is 7.22. The molecule has 0 amide bonds. The Morgan fingerprint density at radius 1 is 0.816 bits per heavy atom. The van der Waals surface area contributed by atoms with E-state index in [0.717, 1.165) is 11.3 Å². The molecule has 0 spiro atoms. The van der Waals surface area contributed by atoms with Crippen LogP contribution in [0.5, 0.6) is 11.5 Å². The van der Waals surface area contributed by atoms with Crippen molar-refractivity contribution in [2.24, 2.45) is 0 Å². The summed E-state index contributed by atoms with van der Waals surface area (Å²) in [5.74, 6) is -15.3. The monoisotopic (exact) mass is 574 g/mol. The Hall–Kier alpha value is -3.10. The fourth-order valence-electron chi connectivity index (χ4n) is 3.03. The first-order chi connectivity index (χ1) is 18.2. The van der Waals surface area contributed by atoms with Crippen LogP contribution in [-0.2, 0) is 0 Å². The SMILES string of the molecule is CC.CC.CP(Oc1ccccc1)C(F)c1ccc2sc(C(=O)Oc3c(F)c(F)c(F)c(F)c3F)cc2c1. The zero-order valence-corrected chi connectivity index (χ0v) is 22.8. The molecule has 4 rings (SSSR count). The molecule has 2 atom stereocenters. The summed E-state index contributed by atoms with van der Waals surface area (Å²) in [4.78, 5) is 12.2. The smallest absolute Gasteiger partial charge is 0.353 e. The normalized spacial score (nSPS) is 12.0. The number of hydrogen-bond donors (Lipinski definition) is 0. The number of esters is 1. The van der Waals surface area contributed by atoms with Crippen molar-refractivity contribution in [1.82, 2.24) is 0 Å². The van der Waals surface area contributed by atoms with Crippen molar-refractivity contribution in [3.63, 3.8) is 0 Å². The molecule has 1 heterocycles. The number of thiophene rings is 1. The quantitative estimate of drug-likeness (QED) is 0.0574. The standard InChI is InChI=1S/C23H13F6O3PS.2C2H6/c1-33(32-13-5-3-2-4-6-13)22(29)11-7-8-14-12(9-11)10-15(34-14)23(30)31-21-19(27)17(25)16(24)18(26)20(21)28;2*1-2/h2-10,22H,1H3;2*1-2H3. The summed E-state index contributed by atoms with van der Waals surface area (Å²) >= 11 is 0.850. The number of para-hydroxylation sites is 1. The van der Waals surface area contributed by atoms with E-state index < -0.39 is 54.9 Å². The van der Waals surface area contributed by atoms with E-state index in [1.807, 2.05) is 27.7 Å². The number of carbonyl (C=O) groups excluding carboxylic acids is 1. The molecule has 0 saturated heterocycles. The molecule has 3 aromatic carbocycles. The van der Waals surface area contributed by atoms with Crippen molar-refractivity contribution in [3.8, 4) is 11.5 Å². The zero-order valence-electron chi connectivity index (χ0n) is 21.1. The van der Waals surface area contributed by atoms with Crippen LogP contribution in [-0.4, -0.2) is 12.6 Å². The molecular weight excluding hydrogens is 549 g/mol. The average Bonchev–Trinajstić information content (AvgIpc) is 3.39. The molecule has 0 saturated carbocycles. The Morgan fingerprint density at radius 2 is 1.37 bits per heavy atom. The summed E-state index contributed by atoms with van der Waals surface area (Å²) in [6, 6.07) is 14.5. The molecule has 3 nitrogen and oxygen atoms in total. The zero-order chi connectivity index (χ0) is 28.6. The summed E-state index contributed by atoms with van der Waals surface area (Å²) in [7, 11) is -1.55. The number of halogens is 6. The predicted molar refractivity (Wildman–Crippen MR) is 139 cm³/mol. The van der Waals surface area contributed by atoms with Crippen LogP contribution in [0.25, 0.3) is 10.1 Å². The van der Waals surface area contributed by atoms with Crippen LogP contribution in [0.4, 0.5) is 26.3 Å². The van der Waals surface area contributed by atoms with E-state index in [2.05, 4.69) is 4.74 Å². The van der Waals surface area contributed by atoms with Crippen LogP contribution in [0, 0.1) is 29.1 Å². The summed E-state index contributed by atoms with van der Waals surface area (Å²) in [6.45, 7) is 9.62. The van der Waals surface area contributed by atoms with Crippen LogP contribution in [0.15, 0.2) is 54.6 Å². The molecule has 0 N–H and O–H groups in total. The van der Waals surface area contributed by atoms with E-state index in [1.54, 1.807) is 43.1 Å². The van der Waals surface area contributed by atoms with Gasteiger partial charge in [-0.1, -0.05) is 52.0 Å². The second-order valence-electron chi connectivity index (χ2n) is 6.98. The molecule has 0 fully saturated rings. The summed E-state index contributed by atoms with van der Waals surface area (Å²) in [5, 5.41) is 0.428. The number of benzene rings is 3. The van der Waals surface area contributed by atoms with E-state index in [-0.39, 0.29) is 10.4 Å². The molecule has 11 heteroatoms. The summed E-state index contributed by atoms with van der Waals surface area (Å²) < 4.78 is 93.2. The minimum absolute atomic E-state index is 0.175. The second-order valence-corrected chi connectivity index (χ2v) is 9.79. The third-order valence-electron chi connectivity index (χ3n) is 4.69. The summed E-state index contributed by atoms with van der Waals surface area (Å²) in [6.07, 6.45) is 0. The molecular formula is C27H25F6O3PS. The van der Waals surface area contributed by atoms with Gasteiger partial charge < -0.3 is 9.26 Å². The van der Waals surface area contributed by atoms with Crippen molar-refractivity contribution in [2.45, 2.75) is 33.6 Å². The van der Waals surface area contributed by atoms with Gasteiger partial charge in [-0.2, -0.15) is 8.78 Å². The van der Waals surface area contributed by atoms with Gasteiger partial charge in [-0.15, -0.1) is 11.3 Å². The molecule has 1 aromatic heterocycles. The Labute approximate surface area is 221 Å². The lowest BCUT2D eigenvalue weighted by molar-refractivity contribution is 0.0721. The van der Waals surface area contributed by atoms with Gasteiger partial charge in [-0.05, 0) is 47.9 Å². The molecule has 0 aliphatic carbocycles. The molecule has 204 valence electrons. The van der Waals surface area contributed by atoms with Crippen molar-refractivity contribution in [2.75, 3.05) is 6.66 Å². The first-order valence-corrected chi connectivity index (χ1v) is 14.1. The number of ether oxygens (including phenoxy) is 1. The van der Waals surface area contributed by atoms with Gasteiger partial charge in [0, 0.05) is 4.70 Å². The number of hydrogen-bond acceptors (Lipinski definition) is 4. The van der Waals surface area contributed by atoms with E-state index in [0.29, 0.717) is 15.8 Å². The van der Waals surface area contributed by atoms with Gasteiger partial charge in [0.05, 0.1) is 0 Å². The van der Waals surface area contributed by atoms with Crippen molar-refractivity contribution in [1.29, 1.82) is 0 Å². The fourth-order valence-corrected chi connectivity index (χ4v) is 5.08. The van der Waals surface area contributed by atoms with Gasteiger partial charge in [-0.3, -0.25) is 0 Å². The lowest BCUT2D eigenvalue weighted by Crippen LogP contribution is -2.12. The first kappa shape index (κ1) is 31.1. The molecule has 2 unspecified atom stereocenters. The Morgan fingerprint density at radius 3 is 1.95 bits per heavy atom. The van der Waals surface area contributed by atoms with Gasteiger partial charge in [-0.25, -0.2) is 22.4 Å². The highest BCUT2D eigenvalue weighted by atomic mass is 32.1. The summed E-state index contributed by atoms with van der Waals surface area (Å²) in [5.41, 5.74) is 0.287. The van der Waals surface area contributed by atoms with Crippen molar-refractivity contribution < 1.29 is 40.4 Å². The molecule has 4 aromatic rings. The largest absolute Gasteiger partial charge is 0.471 e. The maximum Gasteiger partial charge on any atom is 0.353 e. The van der Waals surface area contributed by atoms with Gasteiger partial charge >= 0.3 is 5.97 Å². The molecule has 0 radical (unpaired) electrons. The molecule has 0 bridgehead atoms. The van der Waals surface area contributed by atoms with E-state index >= 15 is 4.39 Å². The highest BCUT2D eigenvalue weighted by Crippen LogP contribution is 2.50. The van der Waals surface area contributed by atoms with Crippen LogP contribution < -0.4 is 9.26 Å². The number of fused-ring (bicyclic) bond motifs is 1. The molecule has 0 aliphatic heterocycles. The van der Waals surface area contributed by atoms with Gasteiger partial charge in [0.2, 0.25) is 34.8 Å². The maximum absolute atomic E-state index is 15.0. The maximum atomic E-state index is 15.0. The Kier molecular flexibility index (Phi) is 11.6. The second kappa shape index (κ2) is 14.2. The lowest BCUT2D eigenvalue weighted by atomic mass is 10.2. The molecule has 0 aliphatic rings. The van der Waals surface area contributed by atoms with E-state index in [4.69, 9.17) is 4.52 Å². The Bertz CT molecular complexity index is 1350. The number of rotatable bonds is 6. The van der Waals surface area contributed by atoms with Gasteiger partial charge in [0.25, 0.3) is 0 Å². The predicted octanol–water partition coefficient (Wildman–Crippen LogP) is 9.94. The van der Waals surface area contributed by atoms with Crippen LogP contribution in [0.1, 0.15) is 48.8 Å². The van der Waals surface area contributed by atoms with E-state index in [1.165, 1.54) is 18.2 Å². The number of alkyl halides is 1. The topological polar surface area (TPSA) is 35.5 Å². The highest BCUT2D eigenvalue weighted by molar-refractivity contribution is 7.52. The minimum Gasteiger partial charge on any atom is -0.471 e. The van der Waals surface area contributed by atoms with Gasteiger partial charge in [0.1, 0.15) is 18.8 Å². The fraction of sp³-hybridized carbons (Fsp3) is 0.222. The van der Waals surface area contributed by atoms with E-state index in [9.17, 15) is 26.7 Å². The minimum atomic E-state index is -2.36. The first-order valence-electron chi connectivity index (χ1n) is 11.5. The van der Waals surface area contributed by atoms with Crippen LogP contribution in [0.3, 0.4) is 0 Å². The van der Waals surface area contributed by atoms with Crippen molar-refractivity contribution >= 4 is 35.5 Å². The number of carbonyl (C=O) groups is 1. The third kappa shape index (κ3) is 6.85. The van der Waals surface area contributed by atoms with Crippen LogP contribution in [0.2, 0.25) is 0 Å². The lowest BCUT2D eigenvalue weighted by Gasteiger charge is -2.18. The average molecular weight is 575 g/mol. The van der Waals surface area contributed by atoms with Crippen molar-refractivity contribution in [3.05, 3.63) is 94.1 Å². The van der Waals surface area contributed by atoms with Gasteiger partial charge in [0.15, 0.2) is 5.91 Å². The highest BCUT2D eigenvalue weighted by Gasteiger charge is 2.29. The Balaban J connectivity index is 0.00000121. The molecule has 38 heavy (non-hydrogen) atoms. The van der Waals surface area contributed by atoms with Crippen LogP contribution >= 0.6 is 19.5 Å².